The van der Waals surface area contributed by atoms with Gasteiger partial charge in [-0.3, -0.25) is 9.59 Å². The molecule has 1 aliphatic carbocycles. The van der Waals surface area contributed by atoms with Crippen molar-refractivity contribution in [2.45, 2.75) is 57.9 Å². The van der Waals surface area contributed by atoms with Gasteiger partial charge in [0.1, 0.15) is 0 Å². The van der Waals surface area contributed by atoms with Crippen molar-refractivity contribution in [1.29, 1.82) is 0 Å². The maximum Gasteiger partial charge on any atom is 0.223 e. The number of nitrogens with one attached hydrogen (secondary N) is 1. The van der Waals surface area contributed by atoms with Gasteiger partial charge in [0.05, 0.1) is 0 Å². The first-order valence-electron chi connectivity index (χ1n) is 8.43. The van der Waals surface area contributed by atoms with Crippen molar-refractivity contribution in [3.8, 4) is 0 Å². The molecule has 0 spiro atoms. The summed E-state index contributed by atoms with van der Waals surface area (Å²) in [4.78, 5) is 26.2. The fraction of sp³-hybridized carbons (Fsp3) is 0.875. The molecule has 2 aliphatic rings. The van der Waals surface area contributed by atoms with Crippen LogP contribution in [0.1, 0.15) is 51.9 Å². The zero-order valence-electron chi connectivity index (χ0n) is 13.1. The lowest BCUT2D eigenvalue weighted by molar-refractivity contribution is -0.136. The van der Waals surface area contributed by atoms with Gasteiger partial charge in [-0.05, 0) is 38.0 Å². The summed E-state index contributed by atoms with van der Waals surface area (Å²) in [5.41, 5.74) is 6.04. The normalized spacial score (nSPS) is 26.9. The highest BCUT2D eigenvalue weighted by molar-refractivity contribution is 5.80. The van der Waals surface area contributed by atoms with Crippen LogP contribution in [0.5, 0.6) is 0 Å². The molecule has 0 bridgehead atoms. The minimum absolute atomic E-state index is 0.0781. The van der Waals surface area contributed by atoms with Gasteiger partial charge in [0.15, 0.2) is 0 Å². The Bertz CT molecular complexity index is 365. The number of likely N-dealkylation sites (tertiary alicyclic amines) is 1. The van der Waals surface area contributed by atoms with E-state index in [2.05, 4.69) is 12.2 Å². The summed E-state index contributed by atoms with van der Waals surface area (Å²) in [6, 6.07) is 0.200. The van der Waals surface area contributed by atoms with Crippen LogP contribution in [0.15, 0.2) is 0 Å². The lowest BCUT2D eigenvalue weighted by Gasteiger charge is -2.32. The molecule has 2 rings (SSSR count). The Morgan fingerprint density at radius 3 is 2.48 bits per heavy atom. The Kier molecular flexibility index (Phi) is 6.03. The summed E-state index contributed by atoms with van der Waals surface area (Å²) in [5, 5.41) is 2.95. The van der Waals surface area contributed by atoms with Gasteiger partial charge in [-0.25, -0.2) is 0 Å². The van der Waals surface area contributed by atoms with Gasteiger partial charge in [0, 0.05) is 38.0 Å². The third-order valence-corrected chi connectivity index (χ3v) is 4.92. The first kappa shape index (κ1) is 16.3. The van der Waals surface area contributed by atoms with Crippen molar-refractivity contribution in [3.63, 3.8) is 0 Å². The molecule has 1 aliphatic heterocycles. The van der Waals surface area contributed by atoms with Gasteiger partial charge in [0.25, 0.3) is 0 Å². The van der Waals surface area contributed by atoms with Gasteiger partial charge in [0.2, 0.25) is 11.8 Å². The lowest BCUT2D eigenvalue weighted by atomic mass is 9.94. The molecule has 1 heterocycles. The summed E-state index contributed by atoms with van der Waals surface area (Å²) in [6.07, 6.45) is 6.42. The monoisotopic (exact) mass is 295 g/mol. The number of rotatable bonds is 5. The predicted molar refractivity (Wildman–Crippen MR) is 82.5 cm³/mol. The average molecular weight is 295 g/mol. The summed E-state index contributed by atoms with van der Waals surface area (Å²) >= 11 is 0. The summed E-state index contributed by atoms with van der Waals surface area (Å²) in [6.45, 7) is 4.23. The number of amides is 2. The van der Waals surface area contributed by atoms with E-state index in [9.17, 15) is 9.59 Å². The first-order chi connectivity index (χ1) is 10.1. The van der Waals surface area contributed by atoms with Gasteiger partial charge in [-0.1, -0.05) is 13.3 Å². The van der Waals surface area contributed by atoms with Crippen molar-refractivity contribution >= 4 is 11.8 Å². The van der Waals surface area contributed by atoms with Gasteiger partial charge < -0.3 is 16.0 Å². The van der Waals surface area contributed by atoms with Crippen molar-refractivity contribution in [3.05, 3.63) is 0 Å². The van der Waals surface area contributed by atoms with Crippen molar-refractivity contribution < 1.29 is 9.59 Å². The van der Waals surface area contributed by atoms with Gasteiger partial charge in [-0.15, -0.1) is 0 Å². The van der Waals surface area contributed by atoms with E-state index in [0.717, 1.165) is 45.1 Å². The lowest BCUT2D eigenvalue weighted by Crippen LogP contribution is -2.44. The Labute approximate surface area is 127 Å². The fourth-order valence-corrected chi connectivity index (χ4v) is 3.46. The molecule has 2 amide bonds. The van der Waals surface area contributed by atoms with E-state index in [4.69, 9.17) is 5.73 Å². The highest BCUT2D eigenvalue weighted by Gasteiger charge is 2.31. The highest BCUT2D eigenvalue weighted by atomic mass is 16.2. The minimum atomic E-state index is 0.0781. The summed E-state index contributed by atoms with van der Waals surface area (Å²) < 4.78 is 0. The zero-order chi connectivity index (χ0) is 15.2. The van der Waals surface area contributed by atoms with E-state index >= 15 is 0 Å². The average Bonchev–Trinajstić information content (AvgIpc) is 2.90. The molecule has 1 saturated carbocycles. The summed E-state index contributed by atoms with van der Waals surface area (Å²) in [7, 11) is 0. The Balaban J connectivity index is 1.73. The molecule has 0 radical (unpaired) electrons. The Morgan fingerprint density at radius 2 is 1.90 bits per heavy atom. The quantitative estimate of drug-likeness (QED) is 0.802. The third-order valence-electron chi connectivity index (χ3n) is 4.92. The topological polar surface area (TPSA) is 75.4 Å². The van der Waals surface area contributed by atoms with Gasteiger partial charge in [-0.2, -0.15) is 0 Å². The smallest absolute Gasteiger partial charge is 0.223 e. The van der Waals surface area contributed by atoms with Crippen LogP contribution in [0.25, 0.3) is 0 Å². The molecule has 2 atom stereocenters. The molecule has 120 valence electrons. The first-order valence-corrected chi connectivity index (χ1v) is 8.43. The maximum absolute atomic E-state index is 12.3. The maximum atomic E-state index is 12.3. The number of piperidine rings is 1. The molecule has 0 aromatic carbocycles. The van der Waals surface area contributed by atoms with Crippen LogP contribution < -0.4 is 11.1 Å². The van der Waals surface area contributed by atoms with Crippen LogP contribution in [0.2, 0.25) is 0 Å². The second-order valence-corrected chi connectivity index (χ2v) is 6.51. The highest BCUT2D eigenvalue weighted by Crippen LogP contribution is 2.28. The number of carbonyl (C=O) groups excluding carboxylic acids is 2. The molecule has 1 saturated heterocycles. The molecule has 5 heteroatoms. The second kappa shape index (κ2) is 7.78. The molecule has 2 fully saturated rings. The van der Waals surface area contributed by atoms with E-state index in [0.29, 0.717) is 25.4 Å². The SMILES string of the molecule is CCCNC(=O)C1CCN(C(=O)C[C@@H]2CCC[C@H]2N)CC1. The van der Waals surface area contributed by atoms with Crippen molar-refractivity contribution in [2.75, 3.05) is 19.6 Å². The van der Waals surface area contributed by atoms with Crippen LogP contribution in [-0.2, 0) is 9.59 Å². The van der Waals surface area contributed by atoms with E-state index in [1.54, 1.807) is 0 Å². The molecule has 0 unspecified atom stereocenters. The van der Waals surface area contributed by atoms with Crippen LogP contribution in [0, 0.1) is 11.8 Å². The fourth-order valence-electron chi connectivity index (χ4n) is 3.46. The molecule has 5 nitrogen and oxygen atoms in total. The van der Waals surface area contributed by atoms with E-state index in [-0.39, 0.29) is 23.8 Å². The van der Waals surface area contributed by atoms with Crippen molar-refractivity contribution in [1.82, 2.24) is 10.2 Å². The van der Waals surface area contributed by atoms with E-state index < -0.39 is 0 Å². The van der Waals surface area contributed by atoms with E-state index in [1.807, 2.05) is 4.90 Å². The van der Waals surface area contributed by atoms with Gasteiger partial charge >= 0.3 is 0 Å². The third kappa shape index (κ3) is 4.43. The second-order valence-electron chi connectivity index (χ2n) is 6.51. The summed E-state index contributed by atoms with van der Waals surface area (Å²) in [5.74, 6) is 0.823. The molecular formula is C16H29N3O2. The molecule has 0 aromatic heterocycles. The van der Waals surface area contributed by atoms with Crippen LogP contribution in [-0.4, -0.2) is 42.4 Å². The largest absolute Gasteiger partial charge is 0.356 e. The Morgan fingerprint density at radius 1 is 1.19 bits per heavy atom. The molecule has 0 aromatic rings. The van der Waals surface area contributed by atoms with Crippen LogP contribution in [0.4, 0.5) is 0 Å². The van der Waals surface area contributed by atoms with E-state index in [1.165, 1.54) is 0 Å². The zero-order valence-corrected chi connectivity index (χ0v) is 13.1. The standard InChI is InChI=1S/C16H29N3O2/c1-2-8-18-16(21)12-6-9-19(10-7-12)15(20)11-13-4-3-5-14(13)17/h12-14H,2-11,17H2,1H3,(H,18,21)/t13-,14+/m0/s1. The number of carbonyl (C=O) groups is 2. The molecule has 3 N–H and O–H groups in total. The number of nitrogens with zero attached hydrogens (tertiary/aromatic N) is 1. The number of nitrogens with two attached hydrogens (primary N) is 1. The Hall–Kier alpha value is -1.10. The van der Waals surface area contributed by atoms with Crippen molar-refractivity contribution in [2.24, 2.45) is 17.6 Å². The minimum Gasteiger partial charge on any atom is -0.356 e. The van der Waals surface area contributed by atoms with Crippen LogP contribution >= 0.6 is 0 Å². The molecular weight excluding hydrogens is 266 g/mol. The van der Waals surface area contributed by atoms with Crippen LogP contribution in [0.3, 0.4) is 0 Å². The molecule has 21 heavy (non-hydrogen) atoms. The number of hydrogen-bond donors (Lipinski definition) is 2. The number of hydrogen-bond acceptors (Lipinski definition) is 3. The predicted octanol–water partition coefficient (Wildman–Crippen LogP) is 1.27.